The molecule has 39 heavy (non-hydrogen) atoms. The van der Waals surface area contributed by atoms with Gasteiger partial charge < -0.3 is 9.47 Å². The number of rotatable bonds is 20. The summed E-state index contributed by atoms with van der Waals surface area (Å²) in [7, 11) is 1.44. The van der Waals surface area contributed by atoms with Gasteiger partial charge in [0, 0.05) is 24.2 Å². The summed E-state index contributed by atoms with van der Waals surface area (Å²) >= 11 is 5.57. The molecule has 2 aromatic rings. The highest BCUT2D eigenvalue weighted by molar-refractivity contribution is 6.67. The number of amides is 1. The van der Waals surface area contributed by atoms with Gasteiger partial charge in [0.1, 0.15) is 6.61 Å². The second-order valence-corrected chi connectivity index (χ2v) is 10.3. The molecule has 0 unspecified atom stereocenters. The molecule has 6 nitrogen and oxygen atoms in total. The Morgan fingerprint density at radius 3 is 1.72 bits per heavy atom. The molecule has 0 bridgehead atoms. The zero-order chi connectivity index (χ0) is 28.1. The fraction of sp³-hybridized carbons (Fsp3) is 0.531. The Hall–Kier alpha value is -2.86. The molecule has 2 rings (SSSR count). The summed E-state index contributed by atoms with van der Waals surface area (Å²) in [5.74, 6) is -0.107. The summed E-state index contributed by atoms with van der Waals surface area (Å²) in [6.07, 6.45) is 15.3. The topological polar surface area (TPSA) is 72.9 Å². The number of methoxy groups -OCH3 is 1. The Balaban J connectivity index is 1.61. The fourth-order valence-corrected chi connectivity index (χ4v) is 4.61. The summed E-state index contributed by atoms with van der Waals surface area (Å²) < 4.78 is 10.2. The lowest BCUT2D eigenvalue weighted by atomic mass is 10.0. The lowest BCUT2D eigenvalue weighted by molar-refractivity contribution is -0.140. The highest BCUT2D eigenvalue weighted by atomic mass is 35.5. The molecule has 0 radical (unpaired) electrons. The molecule has 0 heterocycles. The number of ether oxygens (including phenoxy) is 2. The van der Waals surface area contributed by atoms with Gasteiger partial charge in [-0.1, -0.05) is 101 Å². The lowest BCUT2D eigenvalue weighted by Gasteiger charge is -2.22. The average molecular weight is 558 g/mol. The van der Waals surface area contributed by atoms with Crippen molar-refractivity contribution in [2.75, 3.05) is 18.6 Å². The number of carbonyl (C=O) groups excluding carboxylic acids is 3. The van der Waals surface area contributed by atoms with Crippen molar-refractivity contribution in [1.82, 2.24) is 0 Å². The molecule has 0 aliphatic heterocycles. The molecule has 0 aromatic heterocycles. The zero-order valence-corrected chi connectivity index (χ0v) is 24.1. The Morgan fingerprint density at radius 1 is 0.692 bits per heavy atom. The van der Waals surface area contributed by atoms with Crippen molar-refractivity contribution >= 4 is 34.6 Å². The van der Waals surface area contributed by atoms with E-state index in [1.165, 1.54) is 58.5 Å². The van der Waals surface area contributed by atoms with Gasteiger partial charge in [0.25, 0.3) is 5.24 Å². The van der Waals surface area contributed by atoms with Crippen LogP contribution in [0.2, 0.25) is 0 Å². The Labute approximate surface area is 239 Å². The van der Waals surface area contributed by atoms with E-state index in [1.54, 1.807) is 29.2 Å². The highest BCUT2D eigenvalue weighted by Crippen LogP contribution is 2.20. The Kier molecular flexibility index (Phi) is 16.7. The molecule has 1 amide bonds. The highest BCUT2D eigenvalue weighted by Gasteiger charge is 2.17. The maximum atomic E-state index is 12.9. The van der Waals surface area contributed by atoms with E-state index >= 15 is 0 Å². The number of nitrogens with zero attached hydrogens (tertiary/aromatic N) is 1. The summed E-state index contributed by atoms with van der Waals surface area (Å²) in [6, 6.07) is 16.4. The van der Waals surface area contributed by atoms with E-state index in [9.17, 15) is 14.4 Å². The van der Waals surface area contributed by atoms with Crippen LogP contribution in [-0.2, 0) is 20.9 Å². The zero-order valence-electron chi connectivity index (χ0n) is 23.4. The molecule has 214 valence electrons. The largest absolute Gasteiger partial charge is 0.469 e. The first-order valence-electron chi connectivity index (χ1n) is 14.4. The predicted octanol–water partition coefficient (Wildman–Crippen LogP) is 8.84. The molecule has 0 aliphatic carbocycles. The summed E-state index contributed by atoms with van der Waals surface area (Å²) in [6.45, 7) is 0.769. The van der Waals surface area contributed by atoms with Crippen LogP contribution < -0.4 is 4.90 Å². The number of anilines is 1. The number of halogens is 1. The van der Waals surface area contributed by atoms with Crippen molar-refractivity contribution in [2.24, 2.45) is 0 Å². The first-order valence-corrected chi connectivity index (χ1v) is 14.7. The summed E-state index contributed by atoms with van der Waals surface area (Å²) in [4.78, 5) is 37.1. The van der Waals surface area contributed by atoms with Crippen LogP contribution >= 0.6 is 11.6 Å². The molecule has 0 saturated carbocycles. The van der Waals surface area contributed by atoms with E-state index in [0.29, 0.717) is 24.2 Å². The normalized spacial score (nSPS) is 10.7. The molecule has 2 aromatic carbocycles. The average Bonchev–Trinajstić information content (AvgIpc) is 2.96. The molecule has 0 saturated heterocycles. The van der Waals surface area contributed by atoms with Crippen LogP contribution in [0, 0.1) is 0 Å². The molecule has 0 atom stereocenters. The van der Waals surface area contributed by atoms with Gasteiger partial charge in [-0.25, -0.2) is 4.79 Å². The minimum atomic E-state index is -0.521. The van der Waals surface area contributed by atoms with E-state index in [-0.39, 0.29) is 12.6 Å². The van der Waals surface area contributed by atoms with E-state index < -0.39 is 11.3 Å². The van der Waals surface area contributed by atoms with E-state index in [4.69, 9.17) is 16.3 Å². The van der Waals surface area contributed by atoms with Gasteiger partial charge >= 0.3 is 12.1 Å². The van der Waals surface area contributed by atoms with Crippen molar-refractivity contribution in [2.45, 2.75) is 96.5 Å². The van der Waals surface area contributed by atoms with Crippen molar-refractivity contribution in [3.63, 3.8) is 0 Å². The smallest absolute Gasteiger partial charge is 0.414 e. The van der Waals surface area contributed by atoms with Crippen molar-refractivity contribution in [1.29, 1.82) is 0 Å². The van der Waals surface area contributed by atoms with E-state index in [2.05, 4.69) is 4.74 Å². The number of hydrogen-bond acceptors (Lipinski definition) is 5. The monoisotopic (exact) mass is 557 g/mol. The van der Waals surface area contributed by atoms with E-state index in [0.717, 1.165) is 37.7 Å². The van der Waals surface area contributed by atoms with Crippen LogP contribution in [0.3, 0.4) is 0 Å². The van der Waals surface area contributed by atoms with Crippen LogP contribution in [0.5, 0.6) is 0 Å². The van der Waals surface area contributed by atoms with Crippen LogP contribution in [-0.4, -0.2) is 31.0 Å². The first kappa shape index (κ1) is 32.4. The predicted molar refractivity (Wildman–Crippen MR) is 157 cm³/mol. The molecule has 0 N–H and O–H groups in total. The Bertz CT molecular complexity index is 964. The molecule has 7 heteroatoms. The summed E-state index contributed by atoms with van der Waals surface area (Å²) in [5.41, 5.74) is 2.02. The number of hydrogen-bond donors (Lipinski definition) is 0. The van der Waals surface area contributed by atoms with Gasteiger partial charge in [-0.3, -0.25) is 14.5 Å². The van der Waals surface area contributed by atoms with Gasteiger partial charge in [0.2, 0.25) is 0 Å². The Morgan fingerprint density at radius 2 is 1.21 bits per heavy atom. The van der Waals surface area contributed by atoms with Gasteiger partial charge in [-0.2, -0.15) is 0 Å². The molecule has 0 aliphatic rings. The molecule has 0 fully saturated rings. The fourth-order valence-electron chi connectivity index (χ4n) is 4.48. The minimum Gasteiger partial charge on any atom is -0.469 e. The van der Waals surface area contributed by atoms with Gasteiger partial charge in [-0.05, 0) is 54.3 Å². The second-order valence-electron chi connectivity index (χ2n) is 9.93. The lowest BCUT2D eigenvalue weighted by Crippen LogP contribution is -2.32. The second kappa shape index (κ2) is 20.1. The third-order valence-corrected chi connectivity index (χ3v) is 7.04. The maximum Gasteiger partial charge on any atom is 0.414 e. The first-order chi connectivity index (χ1) is 19.0. The van der Waals surface area contributed by atoms with Crippen LogP contribution in [0.4, 0.5) is 10.5 Å². The third kappa shape index (κ3) is 14.2. The molecule has 0 spiro atoms. The summed E-state index contributed by atoms with van der Waals surface area (Å²) in [5, 5.41) is -0.521. The van der Waals surface area contributed by atoms with Crippen LogP contribution in [0.15, 0.2) is 54.6 Å². The van der Waals surface area contributed by atoms with Crippen molar-refractivity contribution in [3.8, 4) is 0 Å². The quantitative estimate of drug-likeness (QED) is 0.0923. The minimum absolute atomic E-state index is 0.107. The number of benzene rings is 2. The maximum absolute atomic E-state index is 12.9. The third-order valence-electron chi connectivity index (χ3n) is 6.82. The number of unbranched alkanes of at least 4 members (excludes halogenated alkanes) is 12. The standard InChI is InChI=1S/C32H44ClNO5/c1-38-30(35)20-16-11-9-7-5-3-2-4-6-8-10-12-17-25-34(29-23-21-28(22-24-29)31(33)36)32(37)39-26-27-18-14-13-15-19-27/h13-15,18-19,21-24H,2-12,16-17,20,25-26H2,1H3. The van der Waals surface area contributed by atoms with Crippen molar-refractivity contribution < 1.29 is 23.9 Å². The van der Waals surface area contributed by atoms with Crippen LogP contribution in [0.1, 0.15) is 106 Å². The van der Waals surface area contributed by atoms with E-state index in [1.807, 2.05) is 30.3 Å². The SMILES string of the molecule is COC(=O)CCCCCCCCCCCCCCCN(C(=O)OCc1ccccc1)c1ccc(C(=O)Cl)cc1. The number of carbonyl (C=O) groups is 3. The van der Waals surface area contributed by atoms with Crippen LogP contribution in [0.25, 0.3) is 0 Å². The number of esters is 1. The molecular formula is C32H44ClNO5. The van der Waals surface area contributed by atoms with Gasteiger partial charge in [-0.15, -0.1) is 0 Å². The van der Waals surface area contributed by atoms with Crippen molar-refractivity contribution in [3.05, 3.63) is 65.7 Å². The van der Waals surface area contributed by atoms with Gasteiger partial charge in [0.15, 0.2) is 0 Å². The van der Waals surface area contributed by atoms with Gasteiger partial charge in [0.05, 0.1) is 7.11 Å². The molecular weight excluding hydrogens is 514 g/mol.